The molecule has 0 saturated heterocycles. The van der Waals surface area contributed by atoms with Gasteiger partial charge in [-0.05, 0) is 37.6 Å². The number of nitrogens with one attached hydrogen (secondary N) is 1. The lowest BCUT2D eigenvalue weighted by Gasteiger charge is -2.10. The molecule has 3 rings (SSSR count). The molecular formula is C19H21N3O2. The predicted octanol–water partition coefficient (Wildman–Crippen LogP) is 2.91. The van der Waals surface area contributed by atoms with E-state index >= 15 is 0 Å². The Hall–Kier alpha value is -2.66. The second-order valence-corrected chi connectivity index (χ2v) is 5.84. The van der Waals surface area contributed by atoms with E-state index in [1.807, 2.05) is 60.0 Å². The molecule has 5 nitrogen and oxygen atoms in total. The van der Waals surface area contributed by atoms with Crippen LogP contribution in [-0.4, -0.2) is 27.2 Å². The number of nitrogens with zero attached hydrogens (tertiary/aromatic N) is 2. The van der Waals surface area contributed by atoms with Crippen molar-refractivity contribution in [1.29, 1.82) is 0 Å². The van der Waals surface area contributed by atoms with E-state index in [-0.39, 0.29) is 19.1 Å². The van der Waals surface area contributed by atoms with Crippen LogP contribution in [0.5, 0.6) is 0 Å². The Morgan fingerprint density at radius 1 is 1.17 bits per heavy atom. The first-order valence-electron chi connectivity index (χ1n) is 8.09. The Bertz CT molecular complexity index is 837. The SMILES string of the molecule is Cc1ccc(NC(=O)Cn2c(CCCO)nc3ccccc32)cc1. The molecule has 5 heteroatoms. The number of hydrogen-bond donors (Lipinski definition) is 2. The van der Waals surface area contributed by atoms with Gasteiger partial charge in [-0.15, -0.1) is 0 Å². The highest BCUT2D eigenvalue weighted by atomic mass is 16.2. The zero-order valence-corrected chi connectivity index (χ0v) is 13.7. The Kier molecular flexibility index (Phi) is 4.91. The van der Waals surface area contributed by atoms with Crippen LogP contribution in [0.3, 0.4) is 0 Å². The van der Waals surface area contributed by atoms with Crippen LogP contribution in [0.2, 0.25) is 0 Å². The molecule has 0 unspecified atom stereocenters. The topological polar surface area (TPSA) is 67.2 Å². The van der Waals surface area contributed by atoms with Gasteiger partial charge in [-0.1, -0.05) is 29.8 Å². The summed E-state index contributed by atoms with van der Waals surface area (Å²) in [5.41, 5.74) is 3.74. The summed E-state index contributed by atoms with van der Waals surface area (Å²) in [6, 6.07) is 15.5. The second kappa shape index (κ2) is 7.27. The molecule has 24 heavy (non-hydrogen) atoms. The number of fused-ring (bicyclic) bond motifs is 1. The molecule has 0 fully saturated rings. The smallest absolute Gasteiger partial charge is 0.244 e. The molecule has 2 N–H and O–H groups in total. The summed E-state index contributed by atoms with van der Waals surface area (Å²) in [5.74, 6) is 0.733. The summed E-state index contributed by atoms with van der Waals surface area (Å²) in [6.45, 7) is 2.32. The number of aliphatic hydroxyl groups excluding tert-OH is 1. The molecular weight excluding hydrogens is 302 g/mol. The summed E-state index contributed by atoms with van der Waals surface area (Å²) in [4.78, 5) is 17.0. The van der Waals surface area contributed by atoms with Crippen molar-refractivity contribution in [1.82, 2.24) is 9.55 Å². The number of anilines is 1. The Morgan fingerprint density at radius 2 is 1.92 bits per heavy atom. The number of aliphatic hydroxyl groups is 1. The van der Waals surface area contributed by atoms with Crippen LogP contribution >= 0.6 is 0 Å². The third-order valence-corrected chi connectivity index (χ3v) is 3.93. The lowest BCUT2D eigenvalue weighted by molar-refractivity contribution is -0.116. The van der Waals surface area contributed by atoms with Crippen molar-refractivity contribution in [3.63, 3.8) is 0 Å². The van der Waals surface area contributed by atoms with E-state index in [0.717, 1.165) is 28.1 Å². The van der Waals surface area contributed by atoms with Gasteiger partial charge in [-0.25, -0.2) is 4.98 Å². The number of carbonyl (C=O) groups is 1. The van der Waals surface area contributed by atoms with Gasteiger partial charge in [0.25, 0.3) is 0 Å². The highest BCUT2D eigenvalue weighted by Gasteiger charge is 2.13. The number of rotatable bonds is 6. The van der Waals surface area contributed by atoms with Gasteiger partial charge >= 0.3 is 0 Å². The number of para-hydroxylation sites is 2. The average molecular weight is 323 g/mol. The quantitative estimate of drug-likeness (QED) is 0.733. The zero-order valence-electron chi connectivity index (χ0n) is 13.7. The molecule has 0 atom stereocenters. The summed E-state index contributed by atoms with van der Waals surface area (Å²) in [6.07, 6.45) is 1.27. The number of hydrogen-bond acceptors (Lipinski definition) is 3. The molecule has 1 amide bonds. The standard InChI is InChI=1S/C19H21N3O2/c1-14-8-10-15(11-9-14)20-19(24)13-22-17-6-3-2-5-16(17)21-18(22)7-4-12-23/h2-3,5-6,8-11,23H,4,7,12-13H2,1H3,(H,20,24). The third kappa shape index (κ3) is 3.63. The van der Waals surface area contributed by atoms with E-state index in [9.17, 15) is 4.79 Å². The van der Waals surface area contributed by atoms with E-state index in [1.54, 1.807) is 0 Å². The first-order valence-corrected chi connectivity index (χ1v) is 8.09. The number of carbonyl (C=O) groups excluding carboxylic acids is 1. The summed E-state index contributed by atoms with van der Waals surface area (Å²) in [5, 5.41) is 12.0. The molecule has 1 heterocycles. The normalized spacial score (nSPS) is 10.9. The molecule has 1 aromatic heterocycles. The number of imidazole rings is 1. The minimum Gasteiger partial charge on any atom is -0.396 e. The van der Waals surface area contributed by atoms with Gasteiger partial charge in [0.15, 0.2) is 0 Å². The Balaban J connectivity index is 1.82. The predicted molar refractivity (Wildman–Crippen MR) is 94.9 cm³/mol. The summed E-state index contributed by atoms with van der Waals surface area (Å²) < 4.78 is 1.93. The fourth-order valence-electron chi connectivity index (χ4n) is 2.71. The van der Waals surface area contributed by atoms with E-state index in [2.05, 4.69) is 10.3 Å². The first kappa shape index (κ1) is 16.2. The maximum Gasteiger partial charge on any atom is 0.244 e. The van der Waals surface area contributed by atoms with Crippen LogP contribution in [0, 0.1) is 6.92 Å². The molecule has 0 aliphatic rings. The highest BCUT2D eigenvalue weighted by molar-refractivity contribution is 5.91. The Labute approximate surface area is 141 Å². The minimum absolute atomic E-state index is 0.0905. The molecule has 3 aromatic rings. The third-order valence-electron chi connectivity index (χ3n) is 3.93. The number of benzene rings is 2. The van der Waals surface area contributed by atoms with E-state index in [1.165, 1.54) is 0 Å². The monoisotopic (exact) mass is 323 g/mol. The second-order valence-electron chi connectivity index (χ2n) is 5.84. The van der Waals surface area contributed by atoms with Crippen LogP contribution in [0.25, 0.3) is 11.0 Å². The molecule has 2 aromatic carbocycles. The van der Waals surface area contributed by atoms with E-state index in [0.29, 0.717) is 12.8 Å². The van der Waals surface area contributed by atoms with Crippen molar-refractivity contribution in [2.75, 3.05) is 11.9 Å². The van der Waals surface area contributed by atoms with Gasteiger partial charge in [-0.2, -0.15) is 0 Å². The van der Waals surface area contributed by atoms with E-state index in [4.69, 9.17) is 5.11 Å². The number of aromatic nitrogens is 2. The van der Waals surface area contributed by atoms with Crippen molar-refractivity contribution in [3.05, 3.63) is 59.9 Å². The van der Waals surface area contributed by atoms with Crippen molar-refractivity contribution >= 4 is 22.6 Å². The molecule has 0 aliphatic heterocycles. The first-order chi connectivity index (χ1) is 11.7. The molecule has 0 bridgehead atoms. The molecule has 0 radical (unpaired) electrons. The fourth-order valence-corrected chi connectivity index (χ4v) is 2.71. The molecule has 0 saturated carbocycles. The molecule has 0 spiro atoms. The van der Waals surface area contributed by atoms with Gasteiger partial charge in [0.05, 0.1) is 11.0 Å². The van der Waals surface area contributed by atoms with Gasteiger partial charge in [0.2, 0.25) is 5.91 Å². The number of aryl methyl sites for hydroxylation is 2. The van der Waals surface area contributed by atoms with Crippen molar-refractivity contribution in [2.24, 2.45) is 0 Å². The van der Waals surface area contributed by atoms with Gasteiger partial charge in [0.1, 0.15) is 12.4 Å². The van der Waals surface area contributed by atoms with Gasteiger partial charge in [0, 0.05) is 18.7 Å². The largest absolute Gasteiger partial charge is 0.396 e. The number of amides is 1. The summed E-state index contributed by atoms with van der Waals surface area (Å²) >= 11 is 0. The summed E-state index contributed by atoms with van der Waals surface area (Å²) in [7, 11) is 0. The van der Waals surface area contributed by atoms with Crippen molar-refractivity contribution in [2.45, 2.75) is 26.3 Å². The molecule has 0 aliphatic carbocycles. The Morgan fingerprint density at radius 3 is 2.67 bits per heavy atom. The molecule has 124 valence electrons. The van der Waals surface area contributed by atoms with Crippen LogP contribution in [-0.2, 0) is 17.8 Å². The lowest BCUT2D eigenvalue weighted by atomic mass is 10.2. The maximum absolute atomic E-state index is 12.4. The average Bonchev–Trinajstić information content (AvgIpc) is 2.93. The van der Waals surface area contributed by atoms with Gasteiger partial charge in [-0.3, -0.25) is 4.79 Å². The minimum atomic E-state index is -0.0905. The maximum atomic E-state index is 12.4. The van der Waals surface area contributed by atoms with Crippen molar-refractivity contribution in [3.8, 4) is 0 Å². The van der Waals surface area contributed by atoms with Crippen molar-refractivity contribution < 1.29 is 9.90 Å². The fraction of sp³-hybridized carbons (Fsp3) is 0.263. The van der Waals surface area contributed by atoms with Gasteiger partial charge < -0.3 is 15.0 Å². The van der Waals surface area contributed by atoms with Crippen LogP contribution in [0.15, 0.2) is 48.5 Å². The zero-order chi connectivity index (χ0) is 16.9. The highest BCUT2D eigenvalue weighted by Crippen LogP contribution is 2.17. The van der Waals surface area contributed by atoms with E-state index < -0.39 is 0 Å². The van der Waals surface area contributed by atoms with Crippen LogP contribution < -0.4 is 5.32 Å². The van der Waals surface area contributed by atoms with Crippen LogP contribution in [0.4, 0.5) is 5.69 Å². The lowest BCUT2D eigenvalue weighted by Crippen LogP contribution is -2.20. The van der Waals surface area contributed by atoms with Crippen LogP contribution in [0.1, 0.15) is 17.8 Å².